The summed E-state index contributed by atoms with van der Waals surface area (Å²) in [5.74, 6) is -0.293. The van der Waals surface area contributed by atoms with E-state index in [2.05, 4.69) is 10.6 Å². The van der Waals surface area contributed by atoms with Crippen LogP contribution in [-0.4, -0.2) is 43.8 Å². The second-order valence-electron chi connectivity index (χ2n) is 5.09. The maximum Gasteiger partial charge on any atom is 0.312 e. The molecule has 22 heavy (non-hydrogen) atoms. The van der Waals surface area contributed by atoms with Gasteiger partial charge in [-0.25, -0.2) is 4.79 Å². The molecule has 0 aliphatic carbocycles. The minimum absolute atomic E-state index is 0.139. The number of carbonyl (C=O) groups is 2. The molecule has 0 unspecified atom stereocenters. The van der Waals surface area contributed by atoms with Gasteiger partial charge in [0, 0.05) is 6.61 Å². The number of primary amides is 1. The third-order valence-corrected chi connectivity index (χ3v) is 3.38. The second-order valence-corrected chi connectivity index (χ2v) is 5.09. The first kappa shape index (κ1) is 16.3. The summed E-state index contributed by atoms with van der Waals surface area (Å²) < 4.78 is 11.3. The Kier molecular flexibility index (Phi) is 6.17. The first-order chi connectivity index (χ1) is 10.6. The van der Waals surface area contributed by atoms with Gasteiger partial charge in [0.2, 0.25) is 5.91 Å². The van der Waals surface area contributed by atoms with E-state index < -0.39 is 6.03 Å². The van der Waals surface area contributed by atoms with Gasteiger partial charge in [0.05, 0.1) is 25.8 Å². The second kappa shape index (κ2) is 8.35. The Labute approximate surface area is 129 Å². The standard InChI is InChI=1S/C15H21N3O4/c16-15(20)17-8-14(19)18-12-6-7-21-10-13(12)22-9-11-4-2-1-3-5-11/h1-5,12-13H,6-10H2,(H,18,19)(H3,16,17,20)/t12-,13-/m1/s1. The molecular weight excluding hydrogens is 286 g/mol. The summed E-state index contributed by atoms with van der Waals surface area (Å²) in [5, 5.41) is 5.11. The molecule has 2 atom stereocenters. The predicted molar refractivity (Wildman–Crippen MR) is 80.0 cm³/mol. The monoisotopic (exact) mass is 307 g/mol. The van der Waals surface area contributed by atoms with E-state index in [0.717, 1.165) is 5.56 Å². The molecule has 0 bridgehead atoms. The Balaban J connectivity index is 1.82. The minimum atomic E-state index is -0.723. The van der Waals surface area contributed by atoms with Crippen LogP contribution in [0.1, 0.15) is 12.0 Å². The van der Waals surface area contributed by atoms with Crippen molar-refractivity contribution >= 4 is 11.9 Å². The van der Waals surface area contributed by atoms with Gasteiger partial charge in [-0.05, 0) is 12.0 Å². The van der Waals surface area contributed by atoms with E-state index in [1.807, 2.05) is 30.3 Å². The van der Waals surface area contributed by atoms with Gasteiger partial charge in [-0.1, -0.05) is 30.3 Å². The molecule has 1 fully saturated rings. The van der Waals surface area contributed by atoms with Crippen LogP contribution in [0.3, 0.4) is 0 Å². The SMILES string of the molecule is NC(=O)NCC(=O)N[C@@H]1CCOC[C@H]1OCc1ccccc1. The molecule has 1 aromatic carbocycles. The summed E-state index contributed by atoms with van der Waals surface area (Å²) in [5.41, 5.74) is 6.00. The van der Waals surface area contributed by atoms with Crippen molar-refractivity contribution in [2.45, 2.75) is 25.2 Å². The van der Waals surface area contributed by atoms with Crippen molar-refractivity contribution in [1.82, 2.24) is 10.6 Å². The Hall–Kier alpha value is -2.12. The number of nitrogens with two attached hydrogens (primary N) is 1. The number of carbonyl (C=O) groups excluding carboxylic acids is 2. The lowest BCUT2D eigenvalue weighted by Crippen LogP contribution is -2.52. The maximum atomic E-state index is 11.8. The van der Waals surface area contributed by atoms with Crippen LogP contribution in [-0.2, 0) is 20.9 Å². The summed E-state index contributed by atoms with van der Waals surface area (Å²) in [4.78, 5) is 22.4. The largest absolute Gasteiger partial charge is 0.379 e. The quantitative estimate of drug-likeness (QED) is 0.696. The smallest absolute Gasteiger partial charge is 0.312 e. The third kappa shape index (κ3) is 5.34. The highest BCUT2D eigenvalue weighted by molar-refractivity contribution is 5.83. The number of nitrogens with one attached hydrogen (secondary N) is 2. The zero-order valence-electron chi connectivity index (χ0n) is 12.3. The van der Waals surface area contributed by atoms with E-state index >= 15 is 0 Å². The highest BCUT2D eigenvalue weighted by atomic mass is 16.5. The van der Waals surface area contributed by atoms with E-state index in [1.54, 1.807) is 0 Å². The van der Waals surface area contributed by atoms with Crippen LogP contribution in [0.4, 0.5) is 4.79 Å². The van der Waals surface area contributed by atoms with E-state index in [0.29, 0.717) is 26.2 Å². The van der Waals surface area contributed by atoms with E-state index in [-0.39, 0.29) is 24.6 Å². The number of benzene rings is 1. The lowest BCUT2D eigenvalue weighted by molar-refractivity contribution is -0.125. The predicted octanol–water partition coefficient (Wildman–Crippen LogP) is 0.145. The van der Waals surface area contributed by atoms with Gasteiger partial charge in [0.1, 0.15) is 6.10 Å². The van der Waals surface area contributed by atoms with Crippen molar-refractivity contribution in [1.29, 1.82) is 0 Å². The molecule has 1 heterocycles. The first-order valence-corrected chi connectivity index (χ1v) is 7.21. The summed E-state index contributed by atoms with van der Waals surface area (Å²) >= 11 is 0. The van der Waals surface area contributed by atoms with Crippen molar-refractivity contribution in [2.24, 2.45) is 5.73 Å². The normalized spacial score (nSPS) is 21.1. The van der Waals surface area contributed by atoms with E-state index in [9.17, 15) is 9.59 Å². The summed E-state index contributed by atoms with van der Waals surface area (Å²) in [6.45, 7) is 1.32. The fourth-order valence-corrected chi connectivity index (χ4v) is 2.24. The van der Waals surface area contributed by atoms with Crippen LogP contribution in [0.25, 0.3) is 0 Å². The summed E-state index contributed by atoms with van der Waals surface area (Å²) in [7, 11) is 0. The molecule has 0 radical (unpaired) electrons. The van der Waals surface area contributed by atoms with Crippen LogP contribution in [0.5, 0.6) is 0 Å². The Morgan fingerprint density at radius 3 is 2.82 bits per heavy atom. The molecule has 7 nitrogen and oxygen atoms in total. The lowest BCUT2D eigenvalue weighted by atomic mass is 10.1. The molecule has 1 saturated heterocycles. The van der Waals surface area contributed by atoms with Gasteiger partial charge in [-0.2, -0.15) is 0 Å². The molecule has 1 aromatic rings. The van der Waals surface area contributed by atoms with Gasteiger partial charge in [-0.3, -0.25) is 4.79 Å². The van der Waals surface area contributed by atoms with Crippen molar-refractivity contribution in [3.05, 3.63) is 35.9 Å². The molecular formula is C15H21N3O4. The molecule has 0 aromatic heterocycles. The fraction of sp³-hybridized carbons (Fsp3) is 0.467. The van der Waals surface area contributed by atoms with Crippen LogP contribution in [0, 0.1) is 0 Å². The van der Waals surface area contributed by atoms with E-state index in [1.165, 1.54) is 0 Å². The maximum absolute atomic E-state index is 11.8. The Bertz CT molecular complexity index is 495. The van der Waals surface area contributed by atoms with Crippen LogP contribution < -0.4 is 16.4 Å². The van der Waals surface area contributed by atoms with Crippen LogP contribution in [0.15, 0.2) is 30.3 Å². The average Bonchev–Trinajstić information content (AvgIpc) is 2.53. The molecule has 120 valence electrons. The van der Waals surface area contributed by atoms with Crippen LogP contribution in [0.2, 0.25) is 0 Å². The third-order valence-electron chi connectivity index (χ3n) is 3.38. The van der Waals surface area contributed by atoms with Crippen molar-refractivity contribution in [2.75, 3.05) is 19.8 Å². The molecule has 3 amide bonds. The number of amides is 3. The zero-order valence-corrected chi connectivity index (χ0v) is 12.3. The molecule has 1 aliphatic heterocycles. The zero-order chi connectivity index (χ0) is 15.8. The minimum Gasteiger partial charge on any atom is -0.379 e. The summed E-state index contributed by atoms with van der Waals surface area (Å²) in [6.07, 6.45) is 0.452. The number of ether oxygens (including phenoxy) is 2. The average molecular weight is 307 g/mol. The molecule has 7 heteroatoms. The number of hydrogen-bond donors (Lipinski definition) is 3. The highest BCUT2D eigenvalue weighted by Gasteiger charge is 2.27. The van der Waals surface area contributed by atoms with Crippen molar-refractivity contribution < 1.29 is 19.1 Å². The highest BCUT2D eigenvalue weighted by Crippen LogP contribution is 2.14. The summed E-state index contributed by atoms with van der Waals surface area (Å²) in [6, 6.07) is 8.94. The number of urea groups is 1. The lowest BCUT2D eigenvalue weighted by Gasteiger charge is -2.32. The fourth-order valence-electron chi connectivity index (χ4n) is 2.24. The molecule has 2 rings (SSSR count). The van der Waals surface area contributed by atoms with Gasteiger partial charge < -0.3 is 25.8 Å². The topological polar surface area (TPSA) is 103 Å². The molecule has 4 N–H and O–H groups in total. The Morgan fingerprint density at radius 2 is 2.09 bits per heavy atom. The van der Waals surface area contributed by atoms with Gasteiger partial charge in [-0.15, -0.1) is 0 Å². The van der Waals surface area contributed by atoms with Crippen molar-refractivity contribution in [3.8, 4) is 0 Å². The number of rotatable bonds is 6. The molecule has 0 spiro atoms. The van der Waals surface area contributed by atoms with Crippen molar-refractivity contribution in [3.63, 3.8) is 0 Å². The first-order valence-electron chi connectivity index (χ1n) is 7.21. The van der Waals surface area contributed by atoms with Gasteiger partial charge >= 0.3 is 6.03 Å². The molecule has 1 aliphatic rings. The van der Waals surface area contributed by atoms with E-state index in [4.69, 9.17) is 15.2 Å². The Morgan fingerprint density at radius 1 is 1.32 bits per heavy atom. The van der Waals surface area contributed by atoms with Crippen LogP contribution >= 0.6 is 0 Å². The number of hydrogen-bond acceptors (Lipinski definition) is 4. The van der Waals surface area contributed by atoms with Gasteiger partial charge in [0.15, 0.2) is 0 Å². The van der Waals surface area contributed by atoms with Gasteiger partial charge in [0.25, 0.3) is 0 Å². The molecule has 0 saturated carbocycles.